The van der Waals surface area contributed by atoms with Crippen LogP contribution in [0.15, 0.2) is 22.7 Å². The quantitative estimate of drug-likeness (QED) is 0.921. The van der Waals surface area contributed by atoms with Gasteiger partial charge in [-0.2, -0.15) is 11.8 Å². The predicted molar refractivity (Wildman–Crippen MR) is 70.0 cm³/mol. The van der Waals surface area contributed by atoms with Gasteiger partial charge in [0, 0.05) is 23.5 Å². The Labute approximate surface area is 103 Å². The largest absolute Gasteiger partial charge is 0.495 e. The van der Waals surface area contributed by atoms with Gasteiger partial charge in [-0.15, -0.1) is 0 Å². The van der Waals surface area contributed by atoms with E-state index in [1.807, 2.05) is 23.9 Å². The third-order valence-electron chi connectivity index (χ3n) is 2.45. The fourth-order valence-electron chi connectivity index (χ4n) is 1.63. The van der Waals surface area contributed by atoms with Crippen molar-refractivity contribution in [3.05, 3.63) is 22.7 Å². The van der Waals surface area contributed by atoms with Crippen LogP contribution in [-0.2, 0) is 0 Å². The van der Waals surface area contributed by atoms with E-state index in [1.165, 1.54) is 17.9 Å². The van der Waals surface area contributed by atoms with Gasteiger partial charge in [-0.1, -0.05) is 0 Å². The first kappa shape index (κ1) is 11.1. The Balaban J connectivity index is 2.07. The second-order valence-corrected chi connectivity index (χ2v) is 5.56. The average Bonchev–Trinajstić information content (AvgIpc) is 2.73. The van der Waals surface area contributed by atoms with E-state index >= 15 is 0 Å². The Morgan fingerprint density at radius 3 is 3.07 bits per heavy atom. The van der Waals surface area contributed by atoms with Gasteiger partial charge in [0.1, 0.15) is 5.75 Å². The SMILES string of the molecule is COc1cc(N[C@@H]2CCSC2)ccc1Br. The van der Waals surface area contributed by atoms with Gasteiger partial charge in [0.2, 0.25) is 0 Å². The molecule has 15 heavy (non-hydrogen) atoms. The molecule has 0 bridgehead atoms. The summed E-state index contributed by atoms with van der Waals surface area (Å²) in [6.07, 6.45) is 1.25. The predicted octanol–water partition coefficient (Wildman–Crippen LogP) is 3.38. The molecule has 1 aromatic carbocycles. The summed E-state index contributed by atoms with van der Waals surface area (Å²) in [4.78, 5) is 0. The Morgan fingerprint density at radius 2 is 2.40 bits per heavy atom. The lowest BCUT2D eigenvalue weighted by atomic mass is 10.2. The van der Waals surface area contributed by atoms with E-state index in [1.54, 1.807) is 7.11 Å². The lowest BCUT2D eigenvalue weighted by Crippen LogP contribution is -2.17. The minimum atomic E-state index is 0.612. The number of nitrogens with one attached hydrogen (secondary N) is 1. The standard InChI is InChI=1S/C11H14BrNOS/c1-14-11-6-8(2-3-10(11)12)13-9-4-5-15-7-9/h2-3,6,9,13H,4-5,7H2,1H3/t9-/m1/s1. The maximum absolute atomic E-state index is 5.26. The lowest BCUT2D eigenvalue weighted by molar-refractivity contribution is 0.412. The van der Waals surface area contributed by atoms with Crippen molar-refractivity contribution in [2.45, 2.75) is 12.5 Å². The highest BCUT2D eigenvalue weighted by atomic mass is 79.9. The van der Waals surface area contributed by atoms with Crippen LogP contribution in [0, 0.1) is 0 Å². The molecule has 1 aliphatic heterocycles. The van der Waals surface area contributed by atoms with E-state index in [9.17, 15) is 0 Å². The number of halogens is 1. The van der Waals surface area contributed by atoms with Crippen LogP contribution in [-0.4, -0.2) is 24.7 Å². The van der Waals surface area contributed by atoms with E-state index < -0.39 is 0 Å². The normalized spacial score (nSPS) is 20.3. The highest BCUT2D eigenvalue weighted by Crippen LogP contribution is 2.29. The minimum absolute atomic E-state index is 0.612. The van der Waals surface area contributed by atoms with E-state index in [0.717, 1.165) is 15.9 Å². The van der Waals surface area contributed by atoms with Crippen LogP contribution in [0.5, 0.6) is 5.75 Å². The molecular weight excluding hydrogens is 274 g/mol. The third-order valence-corrected chi connectivity index (χ3v) is 4.27. The van der Waals surface area contributed by atoms with Crippen LogP contribution in [0.25, 0.3) is 0 Å². The van der Waals surface area contributed by atoms with Crippen LogP contribution >= 0.6 is 27.7 Å². The van der Waals surface area contributed by atoms with Crippen molar-refractivity contribution in [3.8, 4) is 5.75 Å². The molecule has 1 heterocycles. The van der Waals surface area contributed by atoms with Gasteiger partial charge in [0.05, 0.1) is 11.6 Å². The van der Waals surface area contributed by atoms with E-state index in [2.05, 4.69) is 27.3 Å². The van der Waals surface area contributed by atoms with Crippen LogP contribution in [0.3, 0.4) is 0 Å². The Hall–Kier alpha value is -0.350. The summed E-state index contributed by atoms with van der Waals surface area (Å²) >= 11 is 5.46. The molecule has 0 spiro atoms. The molecule has 82 valence electrons. The Bertz CT molecular complexity index is 339. The Kier molecular flexibility index (Phi) is 3.81. The second kappa shape index (κ2) is 5.12. The molecule has 1 saturated heterocycles. The van der Waals surface area contributed by atoms with Gasteiger partial charge >= 0.3 is 0 Å². The molecule has 1 aliphatic rings. The summed E-state index contributed by atoms with van der Waals surface area (Å²) in [5.41, 5.74) is 1.14. The topological polar surface area (TPSA) is 21.3 Å². The lowest BCUT2D eigenvalue weighted by Gasteiger charge is -2.14. The molecule has 0 aromatic heterocycles. The first-order chi connectivity index (χ1) is 7.29. The number of methoxy groups -OCH3 is 1. The van der Waals surface area contributed by atoms with Crippen molar-refractivity contribution >= 4 is 33.4 Å². The summed E-state index contributed by atoms with van der Waals surface area (Å²) in [5.74, 6) is 3.36. The zero-order valence-electron chi connectivity index (χ0n) is 8.63. The van der Waals surface area contributed by atoms with Crippen LogP contribution < -0.4 is 10.1 Å². The monoisotopic (exact) mass is 287 g/mol. The first-order valence-corrected chi connectivity index (χ1v) is 6.92. The molecule has 2 rings (SSSR count). The fourth-order valence-corrected chi connectivity index (χ4v) is 3.19. The van der Waals surface area contributed by atoms with Crippen molar-refractivity contribution < 1.29 is 4.74 Å². The molecule has 4 heteroatoms. The number of hydrogen-bond acceptors (Lipinski definition) is 3. The second-order valence-electron chi connectivity index (χ2n) is 3.55. The number of hydrogen-bond donors (Lipinski definition) is 1. The third kappa shape index (κ3) is 2.82. The first-order valence-electron chi connectivity index (χ1n) is 4.97. The molecule has 0 unspecified atom stereocenters. The maximum atomic E-state index is 5.26. The number of anilines is 1. The molecule has 0 saturated carbocycles. The number of ether oxygens (including phenoxy) is 1. The van der Waals surface area contributed by atoms with Crippen LogP contribution in [0.2, 0.25) is 0 Å². The summed E-state index contributed by atoms with van der Waals surface area (Å²) < 4.78 is 6.25. The van der Waals surface area contributed by atoms with Gasteiger partial charge < -0.3 is 10.1 Å². The molecule has 1 aromatic rings. The summed E-state index contributed by atoms with van der Waals surface area (Å²) in [5, 5.41) is 3.52. The molecule has 2 nitrogen and oxygen atoms in total. The van der Waals surface area contributed by atoms with Crippen molar-refractivity contribution in [1.82, 2.24) is 0 Å². The van der Waals surface area contributed by atoms with Gasteiger partial charge in [-0.05, 0) is 40.2 Å². The number of benzene rings is 1. The zero-order chi connectivity index (χ0) is 10.7. The molecule has 0 aliphatic carbocycles. The van der Waals surface area contributed by atoms with Crippen LogP contribution in [0.4, 0.5) is 5.69 Å². The fraction of sp³-hybridized carbons (Fsp3) is 0.455. The zero-order valence-corrected chi connectivity index (χ0v) is 11.0. The number of rotatable bonds is 3. The van der Waals surface area contributed by atoms with Crippen molar-refractivity contribution in [2.24, 2.45) is 0 Å². The van der Waals surface area contributed by atoms with E-state index in [4.69, 9.17) is 4.74 Å². The average molecular weight is 288 g/mol. The van der Waals surface area contributed by atoms with Gasteiger partial charge in [-0.3, -0.25) is 0 Å². The van der Waals surface area contributed by atoms with Crippen molar-refractivity contribution in [1.29, 1.82) is 0 Å². The molecule has 0 amide bonds. The van der Waals surface area contributed by atoms with E-state index in [0.29, 0.717) is 6.04 Å². The minimum Gasteiger partial charge on any atom is -0.495 e. The summed E-state index contributed by atoms with van der Waals surface area (Å²) in [7, 11) is 1.69. The Morgan fingerprint density at radius 1 is 1.53 bits per heavy atom. The molecule has 0 radical (unpaired) electrons. The molecule has 1 atom stereocenters. The highest BCUT2D eigenvalue weighted by molar-refractivity contribution is 9.10. The molecule has 1 N–H and O–H groups in total. The molecular formula is C11H14BrNOS. The van der Waals surface area contributed by atoms with Gasteiger partial charge in [-0.25, -0.2) is 0 Å². The summed E-state index contributed by atoms with van der Waals surface area (Å²) in [6.45, 7) is 0. The number of thioether (sulfide) groups is 1. The van der Waals surface area contributed by atoms with Crippen molar-refractivity contribution in [3.63, 3.8) is 0 Å². The smallest absolute Gasteiger partial charge is 0.135 e. The maximum Gasteiger partial charge on any atom is 0.135 e. The van der Waals surface area contributed by atoms with Gasteiger partial charge in [0.25, 0.3) is 0 Å². The molecule has 1 fully saturated rings. The van der Waals surface area contributed by atoms with Crippen molar-refractivity contribution in [2.75, 3.05) is 23.9 Å². The highest BCUT2D eigenvalue weighted by Gasteiger charge is 2.15. The van der Waals surface area contributed by atoms with Crippen LogP contribution in [0.1, 0.15) is 6.42 Å². The van der Waals surface area contributed by atoms with Gasteiger partial charge in [0.15, 0.2) is 0 Å². The summed E-state index contributed by atoms with van der Waals surface area (Å²) in [6, 6.07) is 6.74. The van der Waals surface area contributed by atoms with E-state index in [-0.39, 0.29) is 0 Å².